The van der Waals surface area contributed by atoms with Crippen LogP contribution in [0.15, 0.2) is 161 Å². The number of benzene rings is 5. The summed E-state index contributed by atoms with van der Waals surface area (Å²) in [5, 5.41) is 13.7. The lowest BCUT2D eigenvalue weighted by atomic mass is 10.2. The van der Waals surface area contributed by atoms with Gasteiger partial charge < -0.3 is 26.4 Å². The fourth-order valence-electron chi connectivity index (χ4n) is 4.38. The average Bonchev–Trinajstić information content (AvgIpc) is 3.20. The fraction of sp³-hybridized carbons (Fsp3) is 0.0750. The van der Waals surface area contributed by atoms with Gasteiger partial charge >= 0.3 is 11.9 Å². The summed E-state index contributed by atoms with van der Waals surface area (Å²) in [5.41, 5.74) is 14.3. The number of nitrogens with zero attached hydrogens (tertiary/aromatic N) is 4. The number of oxime groups is 1. The van der Waals surface area contributed by atoms with Crippen molar-refractivity contribution in [1.29, 1.82) is 0 Å². The van der Waals surface area contributed by atoms with Crippen LogP contribution in [0, 0.1) is 0 Å². The van der Waals surface area contributed by atoms with Crippen LogP contribution in [0.3, 0.4) is 0 Å². The number of nitrogen functional groups attached to an aromatic ring is 1. The molecule has 0 aliphatic carbocycles. The zero-order valence-corrected chi connectivity index (χ0v) is 30.7. The minimum atomic E-state index is -0.988. The minimum Gasteiger partial charge on any atom is -0.478 e. The first-order chi connectivity index (χ1) is 26.1. The van der Waals surface area contributed by atoms with Crippen LogP contribution >= 0.6 is 15.9 Å². The first kappa shape index (κ1) is 41.5. The quantitative estimate of drug-likeness (QED) is 0.0378. The molecule has 0 fully saturated rings. The summed E-state index contributed by atoms with van der Waals surface area (Å²) in [5.74, 6) is -1.46. The summed E-state index contributed by atoms with van der Waals surface area (Å²) >= 11 is 3.36. The normalized spacial score (nSPS) is 9.89. The van der Waals surface area contributed by atoms with Crippen LogP contribution in [0.1, 0.15) is 28.4 Å². The lowest BCUT2D eigenvalue weighted by molar-refractivity contribution is -0.140. The van der Waals surface area contributed by atoms with Crippen molar-refractivity contribution in [3.8, 4) is 0 Å². The van der Waals surface area contributed by atoms with Crippen molar-refractivity contribution < 1.29 is 19.5 Å². The lowest BCUT2D eigenvalue weighted by Crippen LogP contribution is -2.21. The van der Waals surface area contributed by atoms with Gasteiger partial charge in [0.25, 0.3) is 11.1 Å². The molecule has 7 aromatic rings. The first-order valence-corrected chi connectivity index (χ1v) is 17.3. The zero-order chi connectivity index (χ0) is 39.1. The molecule has 0 atom stereocenters. The van der Waals surface area contributed by atoms with E-state index in [0.717, 1.165) is 28.3 Å². The van der Waals surface area contributed by atoms with Gasteiger partial charge in [-0.2, -0.15) is 0 Å². The number of halogens is 1. The number of nitrogens with one attached hydrogen (secondary N) is 1. The summed E-state index contributed by atoms with van der Waals surface area (Å²) < 4.78 is 1.64. The van der Waals surface area contributed by atoms with E-state index in [1.54, 1.807) is 35.2 Å². The molecule has 54 heavy (non-hydrogen) atoms. The third kappa shape index (κ3) is 14.0. The highest BCUT2D eigenvalue weighted by Gasteiger charge is 2.04. The first-order valence-electron chi connectivity index (χ1n) is 16.1. The number of hydrogen-bond acceptors (Lipinski definition) is 9. The molecule has 2 heterocycles. The molecule has 2 aromatic heterocycles. The number of nitrogens with two attached hydrogens (primary N) is 2. The Morgan fingerprint density at radius 3 is 1.83 bits per heavy atom. The van der Waals surface area contributed by atoms with Crippen LogP contribution in [0.5, 0.6) is 0 Å². The molecule has 13 nitrogen and oxygen atoms in total. The topological polar surface area (TPSA) is 209 Å². The molecule has 276 valence electrons. The smallest absolute Gasteiger partial charge is 0.337 e. The highest BCUT2D eigenvalue weighted by atomic mass is 79.9. The van der Waals surface area contributed by atoms with E-state index < -0.39 is 11.9 Å². The number of anilines is 1. The molecule has 0 aliphatic rings. The van der Waals surface area contributed by atoms with Crippen molar-refractivity contribution in [2.45, 2.75) is 18.8 Å². The Balaban J connectivity index is 0.000000191. The SMILES string of the molecule is BrCc1ccccc1.CC(=O)ON=CN.Nc1ccccc1C(=O)O.O=c1[nH]cnc2ccccc12.O=c1c2ccccc2ncn1Cc1ccccc1. The number of carboxylic acid groups (broad SMARTS) is 1. The molecule has 0 unspecified atom stereocenters. The highest BCUT2D eigenvalue weighted by molar-refractivity contribution is 9.08. The monoisotopic (exact) mass is 791 g/mol. The van der Waals surface area contributed by atoms with Gasteiger partial charge in [0.1, 0.15) is 6.34 Å². The highest BCUT2D eigenvalue weighted by Crippen LogP contribution is 2.09. The molecule has 5 aromatic carbocycles. The molecule has 14 heteroatoms. The zero-order valence-electron chi connectivity index (χ0n) is 29.2. The van der Waals surface area contributed by atoms with Gasteiger partial charge in [0.15, 0.2) is 0 Å². The Bertz CT molecular complexity index is 2360. The van der Waals surface area contributed by atoms with Gasteiger partial charge in [-0.1, -0.05) is 118 Å². The number of H-pyrrole nitrogens is 1. The van der Waals surface area contributed by atoms with Crippen molar-refractivity contribution >= 4 is 61.7 Å². The van der Waals surface area contributed by atoms with Gasteiger partial charge in [-0.25, -0.2) is 19.6 Å². The predicted molar refractivity (Wildman–Crippen MR) is 215 cm³/mol. The van der Waals surface area contributed by atoms with Gasteiger partial charge in [0, 0.05) is 17.9 Å². The summed E-state index contributed by atoms with van der Waals surface area (Å²) in [7, 11) is 0. The maximum atomic E-state index is 12.3. The van der Waals surface area contributed by atoms with E-state index in [-0.39, 0.29) is 16.7 Å². The number of para-hydroxylation sites is 3. The predicted octanol–water partition coefficient (Wildman–Crippen LogP) is 6.37. The standard InChI is InChI=1S/C15H12N2O.C8H6N2O.C7H7Br.C7H7NO2.C3H6N2O2/c18-15-13-8-4-5-9-14(13)16-11-17(15)10-12-6-2-1-3-7-12;11-8-6-3-1-2-4-7(6)9-5-10-8;8-6-7-4-2-1-3-5-7;8-6-4-2-1-3-5(6)7(9)10;1-3(6)7-5-2-4/h1-9,11H,10H2;1-5H,(H,9,10,11);1-5H,6H2;1-4H,8H2,(H,9,10);2H,1H3,(H2,4,5). The second kappa shape index (κ2) is 22.8. The lowest BCUT2D eigenvalue weighted by Gasteiger charge is -2.06. The van der Waals surface area contributed by atoms with Crippen LogP contribution in [-0.2, 0) is 21.5 Å². The average molecular weight is 793 g/mol. The number of alkyl halides is 1. The second-order valence-corrected chi connectivity index (χ2v) is 11.3. The molecule has 0 radical (unpaired) electrons. The van der Waals surface area contributed by atoms with E-state index in [4.69, 9.17) is 16.6 Å². The number of carboxylic acids is 1. The molecular weight excluding hydrogens is 754 g/mol. The molecule has 0 bridgehead atoms. The van der Waals surface area contributed by atoms with Gasteiger partial charge in [-0.05, 0) is 47.5 Å². The molecule has 0 spiro atoms. The Morgan fingerprint density at radius 1 is 0.796 bits per heavy atom. The third-order valence-electron chi connectivity index (χ3n) is 6.91. The Morgan fingerprint density at radius 2 is 1.33 bits per heavy atom. The van der Waals surface area contributed by atoms with Crippen LogP contribution in [0.2, 0.25) is 0 Å². The number of fused-ring (bicyclic) bond motifs is 2. The van der Waals surface area contributed by atoms with E-state index in [0.29, 0.717) is 23.0 Å². The van der Waals surface area contributed by atoms with Crippen molar-refractivity contribution in [3.63, 3.8) is 0 Å². The summed E-state index contributed by atoms with van der Waals surface area (Å²) in [6, 6.07) is 41.2. The third-order valence-corrected chi connectivity index (χ3v) is 7.55. The summed E-state index contributed by atoms with van der Waals surface area (Å²) in [4.78, 5) is 58.3. The number of hydrogen-bond donors (Lipinski definition) is 4. The van der Waals surface area contributed by atoms with Crippen molar-refractivity contribution in [2.24, 2.45) is 10.9 Å². The molecule has 0 saturated carbocycles. The van der Waals surface area contributed by atoms with Crippen LogP contribution in [0.4, 0.5) is 5.69 Å². The van der Waals surface area contributed by atoms with Crippen molar-refractivity contribution in [2.75, 3.05) is 5.73 Å². The van der Waals surface area contributed by atoms with Crippen LogP contribution in [0.25, 0.3) is 21.8 Å². The van der Waals surface area contributed by atoms with Gasteiger partial charge in [0.05, 0.1) is 46.6 Å². The molecule has 0 amide bonds. The summed E-state index contributed by atoms with van der Waals surface area (Å²) in [6.45, 7) is 1.80. The van der Waals surface area contributed by atoms with E-state index >= 15 is 0 Å². The van der Waals surface area contributed by atoms with Crippen molar-refractivity contribution in [3.05, 3.63) is 184 Å². The second-order valence-electron chi connectivity index (χ2n) is 10.8. The van der Waals surface area contributed by atoms with E-state index in [1.807, 2.05) is 91.0 Å². The molecule has 7 rings (SSSR count). The largest absolute Gasteiger partial charge is 0.478 e. The number of rotatable bonds is 5. The Kier molecular flexibility index (Phi) is 17.5. The van der Waals surface area contributed by atoms with Gasteiger partial charge in [-0.15, -0.1) is 0 Å². The minimum absolute atomic E-state index is 0.00412. The molecule has 0 aliphatic heterocycles. The van der Waals surface area contributed by atoms with E-state index in [9.17, 15) is 19.2 Å². The number of aromatic nitrogens is 4. The maximum absolute atomic E-state index is 12.3. The Hall–Kier alpha value is -6.93. The summed E-state index contributed by atoms with van der Waals surface area (Å²) in [6.07, 6.45) is 3.92. The van der Waals surface area contributed by atoms with E-state index in [2.05, 4.69) is 53.0 Å². The van der Waals surface area contributed by atoms with Crippen LogP contribution in [-0.4, -0.2) is 42.9 Å². The molecule has 6 N–H and O–H groups in total. The van der Waals surface area contributed by atoms with Crippen LogP contribution < -0.4 is 22.6 Å². The maximum Gasteiger partial charge on any atom is 0.337 e. The number of aromatic amines is 1. The van der Waals surface area contributed by atoms with Gasteiger partial charge in [-0.3, -0.25) is 14.2 Å². The number of carbonyl (C=O) groups excluding carboxylic acids is 1. The van der Waals surface area contributed by atoms with Gasteiger partial charge in [0.2, 0.25) is 0 Å². The van der Waals surface area contributed by atoms with Crippen molar-refractivity contribution in [1.82, 2.24) is 19.5 Å². The number of carbonyl (C=O) groups is 2. The number of aromatic carboxylic acids is 1. The van der Waals surface area contributed by atoms with E-state index in [1.165, 1.54) is 24.9 Å². The molecule has 0 saturated heterocycles. The fourth-order valence-corrected chi connectivity index (χ4v) is 4.75. The Labute approximate surface area is 318 Å². The molecular formula is C40H38BrN7O6.